The lowest BCUT2D eigenvalue weighted by Crippen LogP contribution is -2.22. The van der Waals surface area contributed by atoms with Gasteiger partial charge in [0.1, 0.15) is 5.82 Å². The molecule has 0 atom stereocenters. The van der Waals surface area contributed by atoms with Gasteiger partial charge in [-0.1, -0.05) is 5.57 Å². The van der Waals surface area contributed by atoms with Gasteiger partial charge >= 0.3 is 0 Å². The summed E-state index contributed by atoms with van der Waals surface area (Å²) in [7, 11) is 0. The molecule has 0 aliphatic rings. The van der Waals surface area contributed by atoms with Gasteiger partial charge in [-0.2, -0.15) is 0 Å². The van der Waals surface area contributed by atoms with Crippen molar-refractivity contribution in [2.75, 3.05) is 23.3 Å². The number of rotatable bonds is 5. The van der Waals surface area contributed by atoms with Crippen molar-refractivity contribution in [1.29, 1.82) is 0 Å². The molecule has 0 saturated carbocycles. The van der Waals surface area contributed by atoms with Crippen molar-refractivity contribution < 1.29 is 4.79 Å². The van der Waals surface area contributed by atoms with Gasteiger partial charge in [-0.15, -0.1) is 0 Å². The van der Waals surface area contributed by atoms with Crippen molar-refractivity contribution in [3.05, 3.63) is 30.0 Å². The number of carbonyl (C=O) groups excluding carboxylic acids is 1. The van der Waals surface area contributed by atoms with Crippen molar-refractivity contribution in [3.8, 4) is 0 Å². The maximum Gasteiger partial charge on any atom is 0.248 e. The number of anilines is 2. The molecular weight excluding hydrogens is 226 g/mol. The Bertz CT molecular complexity index is 415. The molecule has 4 heteroatoms. The minimum atomic E-state index is -0.118. The Labute approximate surface area is 109 Å². The van der Waals surface area contributed by atoms with Crippen molar-refractivity contribution in [1.82, 2.24) is 4.98 Å². The summed E-state index contributed by atoms with van der Waals surface area (Å²) >= 11 is 0. The second-order valence-corrected chi connectivity index (χ2v) is 4.29. The zero-order chi connectivity index (χ0) is 13.5. The van der Waals surface area contributed by atoms with Crippen LogP contribution in [0, 0.1) is 0 Å². The number of aromatic nitrogens is 1. The van der Waals surface area contributed by atoms with E-state index in [-0.39, 0.29) is 5.91 Å². The molecule has 0 radical (unpaired) electrons. The predicted molar refractivity (Wildman–Crippen MR) is 75.9 cm³/mol. The molecule has 1 rings (SSSR count). The van der Waals surface area contributed by atoms with Gasteiger partial charge in [0.15, 0.2) is 0 Å². The Hall–Kier alpha value is -1.84. The lowest BCUT2D eigenvalue weighted by atomic mass is 10.3. The van der Waals surface area contributed by atoms with Gasteiger partial charge in [-0.3, -0.25) is 4.79 Å². The average Bonchev–Trinajstić information content (AvgIpc) is 2.31. The van der Waals surface area contributed by atoms with Crippen LogP contribution in [0.25, 0.3) is 0 Å². The molecule has 1 aromatic rings. The molecule has 0 saturated heterocycles. The highest BCUT2D eigenvalue weighted by molar-refractivity contribution is 5.99. The van der Waals surface area contributed by atoms with Gasteiger partial charge in [-0.05, 0) is 39.8 Å². The topological polar surface area (TPSA) is 45.2 Å². The minimum Gasteiger partial charge on any atom is -0.357 e. The molecule has 0 unspecified atom stereocenters. The number of nitrogens with zero attached hydrogens (tertiary/aromatic N) is 2. The molecule has 0 aliphatic carbocycles. The number of nitrogens with one attached hydrogen (secondary N) is 1. The van der Waals surface area contributed by atoms with Crippen molar-refractivity contribution in [3.63, 3.8) is 0 Å². The second kappa shape index (κ2) is 6.79. The molecule has 98 valence electrons. The van der Waals surface area contributed by atoms with Gasteiger partial charge < -0.3 is 10.2 Å². The van der Waals surface area contributed by atoms with Crippen molar-refractivity contribution in [2.45, 2.75) is 27.7 Å². The molecular formula is C14H21N3O. The molecule has 0 aromatic carbocycles. The normalized spacial score (nSPS) is 9.78. The monoisotopic (exact) mass is 247 g/mol. The molecule has 1 N–H and O–H groups in total. The summed E-state index contributed by atoms with van der Waals surface area (Å²) < 4.78 is 0. The van der Waals surface area contributed by atoms with Crippen LogP contribution in [0.5, 0.6) is 0 Å². The molecule has 0 fully saturated rings. The first-order valence-corrected chi connectivity index (χ1v) is 6.23. The number of carbonyl (C=O) groups is 1. The Morgan fingerprint density at radius 2 is 2.00 bits per heavy atom. The van der Waals surface area contributed by atoms with E-state index in [4.69, 9.17) is 0 Å². The van der Waals surface area contributed by atoms with Crippen LogP contribution >= 0.6 is 0 Å². The standard InChI is InChI=1S/C14H21N3O/c1-5-17(6-2)13-8-7-12(10-15-13)16-14(18)9-11(3)4/h7-10H,5-6H2,1-4H3,(H,16,18). The molecule has 18 heavy (non-hydrogen) atoms. The van der Waals surface area contributed by atoms with Gasteiger partial charge in [0.25, 0.3) is 0 Å². The largest absolute Gasteiger partial charge is 0.357 e. The third-order valence-corrected chi connectivity index (χ3v) is 2.52. The van der Waals surface area contributed by atoms with E-state index in [2.05, 4.69) is 29.0 Å². The molecule has 0 aliphatic heterocycles. The molecule has 1 amide bonds. The molecule has 4 nitrogen and oxygen atoms in total. The maximum absolute atomic E-state index is 11.5. The zero-order valence-electron chi connectivity index (χ0n) is 11.5. The lowest BCUT2D eigenvalue weighted by Gasteiger charge is -2.19. The van der Waals surface area contributed by atoms with Gasteiger partial charge in [0.2, 0.25) is 5.91 Å². The summed E-state index contributed by atoms with van der Waals surface area (Å²) in [4.78, 5) is 18.0. The van der Waals surface area contributed by atoms with E-state index in [0.29, 0.717) is 5.69 Å². The van der Waals surface area contributed by atoms with Crippen LogP contribution in [-0.4, -0.2) is 24.0 Å². The smallest absolute Gasteiger partial charge is 0.248 e. The summed E-state index contributed by atoms with van der Waals surface area (Å²) in [5, 5.41) is 2.78. The van der Waals surface area contributed by atoms with Crippen LogP contribution in [-0.2, 0) is 4.79 Å². The van der Waals surface area contributed by atoms with Crippen LogP contribution in [0.2, 0.25) is 0 Å². The van der Waals surface area contributed by atoms with E-state index >= 15 is 0 Å². The number of hydrogen-bond donors (Lipinski definition) is 1. The fourth-order valence-corrected chi connectivity index (χ4v) is 1.64. The maximum atomic E-state index is 11.5. The zero-order valence-corrected chi connectivity index (χ0v) is 11.5. The van der Waals surface area contributed by atoms with E-state index < -0.39 is 0 Å². The number of pyridine rings is 1. The quantitative estimate of drug-likeness (QED) is 0.814. The number of amides is 1. The molecule has 1 heterocycles. The van der Waals surface area contributed by atoms with E-state index in [1.807, 2.05) is 26.0 Å². The highest BCUT2D eigenvalue weighted by atomic mass is 16.1. The first-order chi connectivity index (χ1) is 8.56. The molecule has 0 spiro atoms. The first kappa shape index (κ1) is 14.2. The highest BCUT2D eigenvalue weighted by Gasteiger charge is 2.04. The third-order valence-electron chi connectivity index (χ3n) is 2.52. The summed E-state index contributed by atoms with van der Waals surface area (Å²) in [6.07, 6.45) is 3.25. The van der Waals surface area contributed by atoms with Crippen LogP contribution in [0.4, 0.5) is 11.5 Å². The van der Waals surface area contributed by atoms with E-state index in [1.54, 1.807) is 12.3 Å². The van der Waals surface area contributed by atoms with Crippen LogP contribution in [0.1, 0.15) is 27.7 Å². The minimum absolute atomic E-state index is 0.118. The van der Waals surface area contributed by atoms with Crippen molar-refractivity contribution >= 4 is 17.4 Å². The van der Waals surface area contributed by atoms with Crippen LogP contribution in [0.15, 0.2) is 30.0 Å². The van der Waals surface area contributed by atoms with Gasteiger partial charge in [0, 0.05) is 19.2 Å². The first-order valence-electron chi connectivity index (χ1n) is 6.23. The summed E-state index contributed by atoms with van der Waals surface area (Å²) in [6, 6.07) is 3.79. The fraction of sp³-hybridized carbons (Fsp3) is 0.429. The van der Waals surface area contributed by atoms with Gasteiger partial charge in [-0.25, -0.2) is 4.98 Å². The Morgan fingerprint density at radius 1 is 1.33 bits per heavy atom. The average molecular weight is 247 g/mol. The van der Waals surface area contributed by atoms with Gasteiger partial charge in [0.05, 0.1) is 11.9 Å². The highest BCUT2D eigenvalue weighted by Crippen LogP contribution is 2.13. The van der Waals surface area contributed by atoms with E-state index in [9.17, 15) is 4.79 Å². The summed E-state index contributed by atoms with van der Waals surface area (Å²) in [6.45, 7) is 9.81. The van der Waals surface area contributed by atoms with Crippen molar-refractivity contribution in [2.24, 2.45) is 0 Å². The SMILES string of the molecule is CCN(CC)c1ccc(NC(=O)C=C(C)C)cn1. The van der Waals surface area contributed by atoms with Crippen LogP contribution in [0.3, 0.4) is 0 Å². The summed E-state index contributed by atoms with van der Waals surface area (Å²) in [5.74, 6) is 0.813. The number of hydrogen-bond acceptors (Lipinski definition) is 3. The number of allylic oxidation sites excluding steroid dienone is 1. The second-order valence-electron chi connectivity index (χ2n) is 4.29. The van der Waals surface area contributed by atoms with E-state index in [0.717, 1.165) is 24.5 Å². The Kier molecular flexibility index (Phi) is 5.36. The summed E-state index contributed by atoms with van der Waals surface area (Å²) in [5.41, 5.74) is 1.69. The lowest BCUT2D eigenvalue weighted by molar-refractivity contribution is -0.111. The van der Waals surface area contributed by atoms with E-state index in [1.165, 1.54) is 0 Å². The molecule has 1 aromatic heterocycles. The molecule has 0 bridgehead atoms. The predicted octanol–water partition coefficient (Wildman–Crippen LogP) is 2.83. The van der Waals surface area contributed by atoms with Crippen LogP contribution < -0.4 is 10.2 Å². The Morgan fingerprint density at radius 3 is 2.44 bits per heavy atom. The fourth-order valence-electron chi connectivity index (χ4n) is 1.64. The third kappa shape index (κ3) is 4.20. The Balaban J connectivity index is 2.71.